The van der Waals surface area contributed by atoms with E-state index < -0.39 is 20.7 Å². The van der Waals surface area contributed by atoms with Crippen LogP contribution in [0.15, 0.2) is 42.5 Å². The molecule has 0 saturated heterocycles. The van der Waals surface area contributed by atoms with Gasteiger partial charge in [0.15, 0.2) is 9.84 Å². The lowest BCUT2D eigenvalue weighted by Gasteiger charge is -2.12. The van der Waals surface area contributed by atoms with E-state index in [4.69, 9.17) is 11.6 Å². The summed E-state index contributed by atoms with van der Waals surface area (Å²) in [4.78, 5) is 23.6. The summed E-state index contributed by atoms with van der Waals surface area (Å²) in [5, 5.41) is 18.8. The minimum atomic E-state index is -3.35. The molecule has 1 aliphatic heterocycles. The molecule has 0 fully saturated rings. The number of anilines is 1. The van der Waals surface area contributed by atoms with Crippen molar-refractivity contribution in [2.45, 2.75) is 18.4 Å². The van der Waals surface area contributed by atoms with Crippen molar-refractivity contribution in [3.05, 3.63) is 80.0 Å². The predicted molar refractivity (Wildman–Crippen MR) is 111 cm³/mol. The predicted octanol–water partition coefficient (Wildman–Crippen LogP) is 3.42. The van der Waals surface area contributed by atoms with E-state index in [1.54, 1.807) is 24.3 Å². The summed E-state index contributed by atoms with van der Waals surface area (Å²) in [6, 6.07) is 10.9. The molecule has 154 valence electrons. The lowest BCUT2D eigenvalue weighted by Crippen LogP contribution is -2.18. The van der Waals surface area contributed by atoms with Crippen LogP contribution in [0, 0.1) is 17.0 Å². The minimum Gasteiger partial charge on any atom is -0.306 e. The molecule has 0 unspecified atom stereocenters. The number of rotatable bonds is 4. The molecule has 1 N–H and O–H groups in total. The Kier molecular flexibility index (Phi) is 4.83. The van der Waals surface area contributed by atoms with E-state index >= 15 is 0 Å². The number of nitrogens with one attached hydrogen (secondary N) is 1. The number of hydrogen-bond donors (Lipinski definition) is 1. The van der Waals surface area contributed by atoms with Gasteiger partial charge in [-0.2, -0.15) is 5.10 Å². The van der Waals surface area contributed by atoms with E-state index in [2.05, 4.69) is 10.4 Å². The van der Waals surface area contributed by atoms with E-state index in [0.29, 0.717) is 22.0 Å². The van der Waals surface area contributed by atoms with Gasteiger partial charge in [-0.05, 0) is 37.3 Å². The number of carbonyl (C=O) groups is 1. The number of sulfone groups is 1. The molecule has 0 aliphatic carbocycles. The molecular formula is C19H15ClN4O5S. The van der Waals surface area contributed by atoms with Crippen LogP contribution in [-0.4, -0.2) is 29.0 Å². The van der Waals surface area contributed by atoms with Crippen LogP contribution in [0.5, 0.6) is 0 Å². The number of nitrogens with zero attached hydrogens (tertiary/aromatic N) is 3. The third-order valence-electron chi connectivity index (χ3n) is 4.84. The Morgan fingerprint density at radius 3 is 2.57 bits per heavy atom. The Hall–Kier alpha value is -3.24. The second-order valence-corrected chi connectivity index (χ2v) is 9.36. The molecule has 1 aliphatic rings. The van der Waals surface area contributed by atoms with Gasteiger partial charge in [0.05, 0.1) is 27.8 Å². The summed E-state index contributed by atoms with van der Waals surface area (Å²) in [6.45, 7) is 1.48. The second kappa shape index (κ2) is 7.22. The van der Waals surface area contributed by atoms with Crippen LogP contribution in [0.1, 0.15) is 27.2 Å². The largest absolute Gasteiger partial charge is 0.306 e. The Balaban J connectivity index is 1.79. The molecule has 2 heterocycles. The highest BCUT2D eigenvalue weighted by Gasteiger charge is 2.33. The van der Waals surface area contributed by atoms with Crippen molar-refractivity contribution in [1.29, 1.82) is 0 Å². The van der Waals surface area contributed by atoms with Gasteiger partial charge in [-0.1, -0.05) is 17.7 Å². The number of nitro groups is 1. The maximum Gasteiger partial charge on any atom is 0.273 e. The van der Waals surface area contributed by atoms with Crippen molar-refractivity contribution in [1.82, 2.24) is 9.78 Å². The van der Waals surface area contributed by atoms with Crippen molar-refractivity contribution in [2.75, 3.05) is 5.32 Å². The molecule has 0 saturated carbocycles. The molecule has 0 radical (unpaired) electrons. The van der Waals surface area contributed by atoms with Crippen LogP contribution in [0.3, 0.4) is 0 Å². The highest BCUT2D eigenvalue weighted by Crippen LogP contribution is 2.34. The first-order valence-corrected chi connectivity index (χ1v) is 11.0. The number of fused-ring (bicyclic) bond motifs is 1. The third kappa shape index (κ3) is 3.55. The lowest BCUT2D eigenvalue weighted by atomic mass is 10.1. The summed E-state index contributed by atoms with van der Waals surface area (Å²) >= 11 is 5.94. The van der Waals surface area contributed by atoms with Crippen LogP contribution < -0.4 is 5.32 Å². The van der Waals surface area contributed by atoms with Crippen LogP contribution in [0.4, 0.5) is 11.5 Å². The fourth-order valence-electron chi connectivity index (χ4n) is 3.38. The van der Waals surface area contributed by atoms with E-state index in [1.165, 1.54) is 29.8 Å². The highest BCUT2D eigenvalue weighted by molar-refractivity contribution is 7.90. The SMILES string of the molecule is Cc1c(C(=O)Nc2c3c(nn2-c2ccc(Cl)cc2)CS(=O)(=O)C3)cccc1[N+](=O)[O-]. The van der Waals surface area contributed by atoms with Crippen molar-refractivity contribution in [2.24, 2.45) is 0 Å². The average Bonchev–Trinajstić information content (AvgIpc) is 3.15. The van der Waals surface area contributed by atoms with Gasteiger partial charge < -0.3 is 5.32 Å². The Labute approximate surface area is 176 Å². The van der Waals surface area contributed by atoms with Gasteiger partial charge in [-0.3, -0.25) is 14.9 Å². The van der Waals surface area contributed by atoms with Crippen molar-refractivity contribution < 1.29 is 18.1 Å². The summed E-state index contributed by atoms with van der Waals surface area (Å²) in [6.07, 6.45) is 0. The summed E-state index contributed by atoms with van der Waals surface area (Å²) < 4.78 is 25.6. The maximum atomic E-state index is 13.0. The van der Waals surface area contributed by atoms with Gasteiger partial charge in [-0.15, -0.1) is 0 Å². The smallest absolute Gasteiger partial charge is 0.273 e. The van der Waals surface area contributed by atoms with E-state index in [9.17, 15) is 23.3 Å². The molecule has 3 aromatic rings. The first kappa shape index (κ1) is 20.0. The lowest BCUT2D eigenvalue weighted by molar-refractivity contribution is -0.385. The Morgan fingerprint density at radius 1 is 1.20 bits per heavy atom. The van der Waals surface area contributed by atoms with Crippen LogP contribution in [0.2, 0.25) is 5.02 Å². The van der Waals surface area contributed by atoms with E-state index in [0.717, 1.165) is 0 Å². The zero-order valence-electron chi connectivity index (χ0n) is 15.6. The number of hydrogen-bond acceptors (Lipinski definition) is 6. The summed E-state index contributed by atoms with van der Waals surface area (Å²) in [5.74, 6) is -0.858. The van der Waals surface area contributed by atoms with Gasteiger partial charge in [0, 0.05) is 27.8 Å². The molecule has 1 amide bonds. The summed E-state index contributed by atoms with van der Waals surface area (Å²) in [7, 11) is -3.35. The standard InChI is InChI=1S/C19H15ClN4O5S/c1-11-14(3-2-4-17(11)24(26)27)19(25)21-18-15-9-30(28,29)10-16(15)22-23(18)13-7-5-12(20)6-8-13/h2-8H,9-10H2,1H3,(H,21,25). The average molecular weight is 447 g/mol. The molecule has 0 atom stereocenters. The molecule has 1 aromatic heterocycles. The highest BCUT2D eigenvalue weighted by atomic mass is 35.5. The molecule has 30 heavy (non-hydrogen) atoms. The van der Waals surface area contributed by atoms with Crippen molar-refractivity contribution in [3.63, 3.8) is 0 Å². The number of aromatic nitrogens is 2. The zero-order chi connectivity index (χ0) is 21.6. The monoisotopic (exact) mass is 446 g/mol. The number of benzene rings is 2. The molecule has 0 spiro atoms. The van der Waals surface area contributed by atoms with Gasteiger partial charge >= 0.3 is 0 Å². The topological polar surface area (TPSA) is 124 Å². The molecule has 9 nitrogen and oxygen atoms in total. The Morgan fingerprint density at radius 2 is 1.90 bits per heavy atom. The van der Waals surface area contributed by atoms with Gasteiger partial charge in [0.25, 0.3) is 11.6 Å². The first-order chi connectivity index (χ1) is 14.2. The molecular weight excluding hydrogens is 432 g/mol. The molecule has 0 bridgehead atoms. The molecule has 4 rings (SSSR count). The van der Waals surface area contributed by atoms with E-state index in [1.807, 2.05) is 0 Å². The minimum absolute atomic E-state index is 0.114. The van der Waals surface area contributed by atoms with E-state index in [-0.39, 0.29) is 34.1 Å². The quantitative estimate of drug-likeness (QED) is 0.483. The summed E-state index contributed by atoms with van der Waals surface area (Å²) in [5.41, 5.74) is 1.49. The fourth-order valence-corrected chi connectivity index (χ4v) is 5.00. The number of amides is 1. The molecule has 2 aromatic carbocycles. The van der Waals surface area contributed by atoms with Gasteiger partial charge in [-0.25, -0.2) is 13.1 Å². The Bertz CT molecular complexity index is 1300. The van der Waals surface area contributed by atoms with Crippen LogP contribution in [-0.2, 0) is 21.3 Å². The van der Waals surface area contributed by atoms with Gasteiger partial charge in [0.2, 0.25) is 0 Å². The van der Waals surface area contributed by atoms with Crippen molar-refractivity contribution >= 4 is 38.9 Å². The first-order valence-electron chi connectivity index (χ1n) is 8.79. The van der Waals surface area contributed by atoms with Crippen LogP contribution >= 0.6 is 11.6 Å². The number of halogens is 1. The van der Waals surface area contributed by atoms with Crippen molar-refractivity contribution in [3.8, 4) is 5.69 Å². The van der Waals surface area contributed by atoms with Crippen LogP contribution in [0.25, 0.3) is 5.69 Å². The normalized spacial score (nSPS) is 14.3. The van der Waals surface area contributed by atoms with Gasteiger partial charge in [0.1, 0.15) is 5.82 Å². The zero-order valence-corrected chi connectivity index (χ0v) is 17.2. The molecule has 11 heteroatoms. The maximum absolute atomic E-state index is 13.0. The number of nitro benzene ring substituents is 1. The fraction of sp³-hybridized carbons (Fsp3) is 0.158. The third-order valence-corrected chi connectivity index (χ3v) is 6.53. The second-order valence-electron chi connectivity index (χ2n) is 6.86. The number of carbonyl (C=O) groups excluding carboxylic acids is 1.